The zero-order valence-electron chi connectivity index (χ0n) is 10.7. The van der Waals surface area contributed by atoms with Crippen molar-refractivity contribution in [3.8, 4) is 0 Å². The first-order valence-electron chi connectivity index (χ1n) is 6.22. The standard InChI is InChI=1S/C15H13N3O2/c19-15(17-20)13-6-8-16-14-12(13)7-9-18(14)10-11-4-2-1-3-5-11/h1-9,20H,10H2,(H,17,19). The lowest BCUT2D eigenvalue weighted by atomic mass is 10.2. The van der Waals surface area contributed by atoms with Crippen molar-refractivity contribution in [1.29, 1.82) is 0 Å². The summed E-state index contributed by atoms with van der Waals surface area (Å²) in [4.78, 5) is 15.9. The molecule has 0 unspecified atom stereocenters. The molecule has 0 saturated carbocycles. The van der Waals surface area contributed by atoms with Gasteiger partial charge in [0.2, 0.25) is 0 Å². The van der Waals surface area contributed by atoms with Crippen molar-refractivity contribution >= 4 is 16.9 Å². The Labute approximate surface area is 115 Å². The molecule has 0 aliphatic carbocycles. The number of fused-ring (bicyclic) bond motifs is 1. The Balaban J connectivity index is 2.04. The predicted molar refractivity (Wildman–Crippen MR) is 74.5 cm³/mol. The van der Waals surface area contributed by atoms with Crippen LogP contribution in [0.2, 0.25) is 0 Å². The molecule has 2 heterocycles. The molecule has 0 fully saturated rings. The van der Waals surface area contributed by atoms with E-state index < -0.39 is 5.91 Å². The molecule has 2 N–H and O–H groups in total. The van der Waals surface area contributed by atoms with Gasteiger partial charge in [0.1, 0.15) is 5.65 Å². The maximum atomic E-state index is 11.6. The molecule has 0 aliphatic heterocycles. The summed E-state index contributed by atoms with van der Waals surface area (Å²) >= 11 is 0. The van der Waals surface area contributed by atoms with E-state index in [9.17, 15) is 4.79 Å². The molecule has 100 valence electrons. The van der Waals surface area contributed by atoms with Crippen molar-refractivity contribution in [3.05, 3.63) is 66.0 Å². The van der Waals surface area contributed by atoms with Gasteiger partial charge in [0.15, 0.2) is 0 Å². The van der Waals surface area contributed by atoms with Crippen LogP contribution in [-0.2, 0) is 6.54 Å². The van der Waals surface area contributed by atoms with Gasteiger partial charge in [-0.25, -0.2) is 10.5 Å². The van der Waals surface area contributed by atoms with E-state index >= 15 is 0 Å². The summed E-state index contributed by atoms with van der Waals surface area (Å²) in [6, 6.07) is 13.4. The Bertz CT molecular complexity index is 750. The highest BCUT2D eigenvalue weighted by Gasteiger charge is 2.12. The fraction of sp³-hybridized carbons (Fsp3) is 0.0667. The molecule has 3 rings (SSSR count). The number of aromatic nitrogens is 2. The molecule has 1 amide bonds. The smallest absolute Gasteiger partial charge is 0.275 e. The third-order valence-corrected chi connectivity index (χ3v) is 3.20. The number of rotatable bonds is 3. The first-order valence-corrected chi connectivity index (χ1v) is 6.22. The van der Waals surface area contributed by atoms with Gasteiger partial charge in [0, 0.05) is 24.3 Å². The van der Waals surface area contributed by atoms with Gasteiger partial charge in [-0.1, -0.05) is 30.3 Å². The molecule has 0 aliphatic rings. The summed E-state index contributed by atoms with van der Waals surface area (Å²) in [5, 5.41) is 9.48. The molecule has 0 saturated heterocycles. The third-order valence-electron chi connectivity index (χ3n) is 3.20. The maximum absolute atomic E-state index is 11.6. The molecule has 1 aromatic carbocycles. The monoisotopic (exact) mass is 267 g/mol. The topological polar surface area (TPSA) is 67.2 Å². The number of nitrogens with zero attached hydrogens (tertiary/aromatic N) is 2. The molecular formula is C15H13N3O2. The summed E-state index contributed by atoms with van der Waals surface area (Å²) in [5.41, 5.74) is 3.94. The maximum Gasteiger partial charge on any atom is 0.275 e. The van der Waals surface area contributed by atoms with Gasteiger partial charge >= 0.3 is 0 Å². The van der Waals surface area contributed by atoms with Crippen LogP contribution in [0.25, 0.3) is 11.0 Å². The number of hydroxylamine groups is 1. The van der Waals surface area contributed by atoms with Gasteiger partial charge in [-0.3, -0.25) is 10.0 Å². The van der Waals surface area contributed by atoms with Crippen molar-refractivity contribution in [2.24, 2.45) is 0 Å². The third kappa shape index (κ3) is 2.15. The second-order valence-corrected chi connectivity index (χ2v) is 4.47. The predicted octanol–water partition coefficient (Wildman–Crippen LogP) is 2.20. The molecule has 0 radical (unpaired) electrons. The molecule has 2 aromatic heterocycles. The minimum atomic E-state index is -0.533. The number of carbonyl (C=O) groups excluding carboxylic acids is 1. The number of amides is 1. The van der Waals surface area contributed by atoms with Crippen molar-refractivity contribution in [2.45, 2.75) is 6.54 Å². The molecule has 0 atom stereocenters. The van der Waals surface area contributed by atoms with Crippen LogP contribution in [0.15, 0.2) is 54.9 Å². The lowest BCUT2D eigenvalue weighted by Gasteiger charge is -2.06. The highest BCUT2D eigenvalue weighted by atomic mass is 16.5. The summed E-state index contributed by atoms with van der Waals surface area (Å²) < 4.78 is 1.97. The fourth-order valence-electron chi connectivity index (χ4n) is 2.26. The van der Waals surface area contributed by atoms with Gasteiger partial charge in [-0.15, -0.1) is 0 Å². The Morgan fingerprint density at radius 2 is 2.00 bits per heavy atom. The number of pyridine rings is 1. The summed E-state index contributed by atoms with van der Waals surface area (Å²) in [6.45, 7) is 0.682. The van der Waals surface area contributed by atoms with E-state index in [0.717, 1.165) is 16.6 Å². The first kappa shape index (κ1) is 12.4. The van der Waals surface area contributed by atoms with E-state index in [2.05, 4.69) is 4.98 Å². The summed E-state index contributed by atoms with van der Waals surface area (Å²) in [5.74, 6) is -0.533. The number of hydrogen-bond acceptors (Lipinski definition) is 3. The lowest BCUT2D eigenvalue weighted by Crippen LogP contribution is -2.18. The van der Waals surface area contributed by atoms with E-state index in [1.54, 1.807) is 17.7 Å². The van der Waals surface area contributed by atoms with Crippen LogP contribution in [-0.4, -0.2) is 20.7 Å². The molecule has 0 bridgehead atoms. The van der Waals surface area contributed by atoms with Crippen molar-refractivity contribution < 1.29 is 10.0 Å². The SMILES string of the molecule is O=C(NO)c1ccnc2c1ccn2Cc1ccccc1. The second-order valence-electron chi connectivity index (χ2n) is 4.47. The van der Waals surface area contributed by atoms with Gasteiger partial charge < -0.3 is 4.57 Å². The van der Waals surface area contributed by atoms with Gasteiger partial charge in [0.05, 0.1) is 5.56 Å². The number of hydrogen-bond donors (Lipinski definition) is 2. The van der Waals surface area contributed by atoms with Gasteiger partial charge in [0.25, 0.3) is 5.91 Å². The van der Waals surface area contributed by atoms with Crippen LogP contribution in [0.3, 0.4) is 0 Å². The van der Waals surface area contributed by atoms with Crippen molar-refractivity contribution in [2.75, 3.05) is 0 Å². The first-order chi connectivity index (χ1) is 9.79. The minimum Gasteiger partial charge on any atom is -0.328 e. The van der Waals surface area contributed by atoms with Gasteiger partial charge in [-0.2, -0.15) is 0 Å². The number of carbonyl (C=O) groups is 1. The summed E-state index contributed by atoms with van der Waals surface area (Å²) in [6.07, 6.45) is 3.45. The molecule has 5 heteroatoms. The van der Waals surface area contributed by atoms with Crippen molar-refractivity contribution in [3.63, 3.8) is 0 Å². The Kier molecular flexibility index (Phi) is 3.18. The molecule has 3 aromatic rings. The minimum absolute atomic E-state index is 0.407. The van der Waals surface area contributed by atoms with E-state index in [0.29, 0.717) is 12.1 Å². The zero-order chi connectivity index (χ0) is 13.9. The largest absolute Gasteiger partial charge is 0.328 e. The molecular weight excluding hydrogens is 254 g/mol. The van der Waals surface area contributed by atoms with E-state index in [1.807, 2.05) is 47.2 Å². The van der Waals surface area contributed by atoms with E-state index in [1.165, 1.54) is 0 Å². The zero-order valence-corrected chi connectivity index (χ0v) is 10.7. The van der Waals surface area contributed by atoms with Crippen LogP contribution in [0.4, 0.5) is 0 Å². The Hall–Kier alpha value is -2.66. The van der Waals surface area contributed by atoms with Crippen LogP contribution >= 0.6 is 0 Å². The molecule has 0 spiro atoms. The highest BCUT2D eigenvalue weighted by molar-refractivity contribution is 6.05. The Morgan fingerprint density at radius 3 is 2.75 bits per heavy atom. The average Bonchev–Trinajstić information content (AvgIpc) is 2.91. The quantitative estimate of drug-likeness (QED) is 0.564. The average molecular weight is 267 g/mol. The van der Waals surface area contributed by atoms with Gasteiger partial charge in [-0.05, 0) is 17.7 Å². The van der Waals surface area contributed by atoms with Crippen molar-refractivity contribution in [1.82, 2.24) is 15.0 Å². The summed E-state index contributed by atoms with van der Waals surface area (Å²) in [7, 11) is 0. The second kappa shape index (κ2) is 5.14. The normalized spacial score (nSPS) is 10.7. The van der Waals surface area contributed by atoms with Crippen LogP contribution in [0.1, 0.15) is 15.9 Å². The Morgan fingerprint density at radius 1 is 1.20 bits per heavy atom. The lowest BCUT2D eigenvalue weighted by molar-refractivity contribution is 0.0708. The molecule has 5 nitrogen and oxygen atoms in total. The van der Waals surface area contributed by atoms with E-state index in [4.69, 9.17) is 5.21 Å². The number of nitrogens with one attached hydrogen (secondary N) is 1. The number of benzene rings is 1. The van der Waals surface area contributed by atoms with E-state index in [-0.39, 0.29) is 0 Å². The highest BCUT2D eigenvalue weighted by Crippen LogP contribution is 2.19. The van der Waals surface area contributed by atoms with Crippen LogP contribution in [0, 0.1) is 0 Å². The molecule has 20 heavy (non-hydrogen) atoms. The fourth-order valence-corrected chi connectivity index (χ4v) is 2.26. The van der Waals surface area contributed by atoms with Crippen LogP contribution < -0.4 is 5.48 Å². The van der Waals surface area contributed by atoms with Crippen LogP contribution in [0.5, 0.6) is 0 Å².